The topological polar surface area (TPSA) is 16.1 Å². The van der Waals surface area contributed by atoms with Crippen molar-refractivity contribution in [3.05, 3.63) is 24.1 Å². The van der Waals surface area contributed by atoms with Crippen molar-refractivity contribution in [3.63, 3.8) is 0 Å². The zero-order valence-corrected chi connectivity index (χ0v) is 9.42. The minimum Gasteiger partial charge on any atom is -0.350 e. The molecule has 0 aliphatic rings. The summed E-state index contributed by atoms with van der Waals surface area (Å²) in [5.41, 5.74) is 0. The van der Waals surface area contributed by atoms with Crippen molar-refractivity contribution in [3.8, 4) is 0 Å². The molecule has 0 saturated heterocycles. The minimum absolute atomic E-state index is 0.358. The summed E-state index contributed by atoms with van der Waals surface area (Å²) in [5.74, 6) is -0.120. The second-order valence-electron chi connectivity index (χ2n) is 2.86. The molecule has 0 fully saturated rings. The van der Waals surface area contributed by atoms with E-state index in [-0.39, 0.29) is 0 Å². The molecule has 0 aliphatic heterocycles. The predicted molar refractivity (Wildman–Crippen MR) is 56.2 cm³/mol. The van der Waals surface area contributed by atoms with E-state index in [1.54, 1.807) is 0 Å². The molecule has 0 radical (unpaired) electrons. The van der Waals surface area contributed by atoms with E-state index in [9.17, 15) is 13.2 Å². The Kier molecular flexibility index (Phi) is 4.87. The Morgan fingerprint density at radius 2 is 2.13 bits per heavy atom. The fourth-order valence-electron chi connectivity index (χ4n) is 1.12. The van der Waals surface area contributed by atoms with E-state index in [4.69, 9.17) is 0 Å². The first-order valence-electron chi connectivity index (χ1n) is 4.34. The van der Waals surface area contributed by atoms with Crippen molar-refractivity contribution in [2.75, 3.05) is 23.3 Å². The van der Waals surface area contributed by atoms with Crippen LogP contribution in [0.5, 0.6) is 0 Å². The number of hydrogen-bond donors (Lipinski definition) is 0. The van der Waals surface area contributed by atoms with E-state index in [1.807, 2.05) is 0 Å². The molecule has 1 rings (SSSR count). The summed E-state index contributed by atoms with van der Waals surface area (Å²) in [5, 5.41) is 0.554. The summed E-state index contributed by atoms with van der Waals surface area (Å²) < 4.78 is 37.0. The van der Waals surface area contributed by atoms with Crippen LogP contribution in [0.1, 0.15) is 0 Å². The Balaban J connectivity index is 2.74. The van der Waals surface area contributed by atoms with Crippen LogP contribution < -0.4 is 4.90 Å². The molecule has 1 heterocycles. The molecule has 0 N–H and O–H groups in total. The third-order valence-electron chi connectivity index (χ3n) is 1.75. The molecule has 2 nitrogen and oxygen atoms in total. The molecule has 1 aromatic rings. The number of halogens is 4. The van der Waals surface area contributed by atoms with Gasteiger partial charge in [0.15, 0.2) is 0 Å². The van der Waals surface area contributed by atoms with Gasteiger partial charge >= 0.3 is 0 Å². The minimum atomic E-state index is -2.43. The SMILES string of the molecule is Fc1ccc(N(CCBr)CC(F)F)nc1. The smallest absolute Gasteiger partial charge is 0.255 e. The van der Waals surface area contributed by atoms with Gasteiger partial charge < -0.3 is 4.90 Å². The number of rotatable bonds is 5. The summed E-state index contributed by atoms with van der Waals surface area (Å²) >= 11 is 3.16. The fraction of sp³-hybridized carbons (Fsp3) is 0.444. The largest absolute Gasteiger partial charge is 0.350 e. The Labute approximate surface area is 94.2 Å². The monoisotopic (exact) mass is 282 g/mol. The van der Waals surface area contributed by atoms with Crippen molar-refractivity contribution >= 4 is 21.7 Å². The van der Waals surface area contributed by atoms with E-state index >= 15 is 0 Å². The summed E-state index contributed by atoms with van der Waals surface area (Å²) in [7, 11) is 0. The zero-order valence-electron chi connectivity index (χ0n) is 7.84. The van der Waals surface area contributed by atoms with E-state index in [1.165, 1.54) is 17.0 Å². The molecule has 0 aromatic carbocycles. The molecule has 0 saturated carbocycles. The van der Waals surface area contributed by atoms with Gasteiger partial charge in [0, 0.05) is 11.9 Å². The standard InChI is InChI=1S/C9H10BrF3N2/c10-3-4-15(6-8(12)13)9-2-1-7(11)5-14-9/h1-2,5,8H,3-4,6H2. The Morgan fingerprint density at radius 3 is 2.60 bits per heavy atom. The first-order chi connectivity index (χ1) is 7.13. The Bertz CT molecular complexity index is 292. The van der Waals surface area contributed by atoms with Crippen molar-refractivity contribution in [2.45, 2.75) is 6.43 Å². The fourth-order valence-corrected chi connectivity index (χ4v) is 1.55. The maximum atomic E-state index is 12.6. The summed E-state index contributed by atoms with van der Waals surface area (Å²) in [4.78, 5) is 5.15. The molecular weight excluding hydrogens is 273 g/mol. The van der Waals surface area contributed by atoms with Crippen LogP contribution in [0, 0.1) is 5.82 Å². The van der Waals surface area contributed by atoms with Gasteiger partial charge in [-0.3, -0.25) is 0 Å². The lowest BCUT2D eigenvalue weighted by molar-refractivity contribution is 0.155. The van der Waals surface area contributed by atoms with E-state index < -0.39 is 18.8 Å². The van der Waals surface area contributed by atoms with Crippen molar-refractivity contribution in [1.82, 2.24) is 4.98 Å². The maximum absolute atomic E-state index is 12.6. The normalized spacial score (nSPS) is 10.7. The molecular formula is C9H10BrF3N2. The molecule has 0 atom stereocenters. The number of anilines is 1. The lowest BCUT2D eigenvalue weighted by Crippen LogP contribution is -2.31. The lowest BCUT2D eigenvalue weighted by Gasteiger charge is -2.21. The van der Waals surface area contributed by atoms with Crippen LogP contribution in [0.25, 0.3) is 0 Å². The first-order valence-corrected chi connectivity index (χ1v) is 5.46. The number of pyridine rings is 1. The molecule has 0 spiro atoms. The molecule has 0 unspecified atom stereocenters. The van der Waals surface area contributed by atoms with Crippen LogP contribution >= 0.6 is 15.9 Å². The van der Waals surface area contributed by atoms with E-state index in [0.717, 1.165) is 6.20 Å². The Hall–Kier alpha value is -0.780. The maximum Gasteiger partial charge on any atom is 0.255 e. The van der Waals surface area contributed by atoms with Gasteiger partial charge in [0.05, 0.1) is 12.7 Å². The van der Waals surface area contributed by atoms with Gasteiger partial charge in [-0.25, -0.2) is 18.2 Å². The average Bonchev–Trinajstić information content (AvgIpc) is 2.17. The zero-order chi connectivity index (χ0) is 11.3. The van der Waals surface area contributed by atoms with Gasteiger partial charge in [0.25, 0.3) is 6.43 Å². The van der Waals surface area contributed by atoms with Gasteiger partial charge in [0.1, 0.15) is 11.6 Å². The molecule has 1 aromatic heterocycles. The van der Waals surface area contributed by atoms with Gasteiger partial charge in [-0.15, -0.1) is 0 Å². The molecule has 6 heteroatoms. The van der Waals surface area contributed by atoms with Crippen LogP contribution in [0.4, 0.5) is 19.0 Å². The van der Waals surface area contributed by atoms with Gasteiger partial charge in [-0.05, 0) is 12.1 Å². The number of nitrogens with zero attached hydrogens (tertiary/aromatic N) is 2. The van der Waals surface area contributed by atoms with Crippen LogP contribution in [-0.4, -0.2) is 29.8 Å². The average molecular weight is 283 g/mol. The van der Waals surface area contributed by atoms with Crippen LogP contribution in [-0.2, 0) is 0 Å². The van der Waals surface area contributed by atoms with Crippen LogP contribution in [0.3, 0.4) is 0 Å². The highest BCUT2D eigenvalue weighted by Crippen LogP contribution is 2.12. The van der Waals surface area contributed by atoms with Crippen LogP contribution in [0.15, 0.2) is 18.3 Å². The highest BCUT2D eigenvalue weighted by Gasteiger charge is 2.13. The lowest BCUT2D eigenvalue weighted by atomic mass is 10.4. The third-order valence-corrected chi connectivity index (χ3v) is 2.10. The van der Waals surface area contributed by atoms with Gasteiger partial charge in [-0.1, -0.05) is 15.9 Å². The highest BCUT2D eigenvalue weighted by molar-refractivity contribution is 9.09. The molecule has 0 bridgehead atoms. The second kappa shape index (κ2) is 5.95. The summed E-state index contributed by atoms with van der Waals surface area (Å²) in [6, 6.07) is 2.59. The van der Waals surface area contributed by atoms with E-state index in [2.05, 4.69) is 20.9 Å². The third kappa shape index (κ3) is 4.07. The molecule has 84 valence electrons. The molecule has 15 heavy (non-hydrogen) atoms. The number of aromatic nitrogens is 1. The molecule has 0 aliphatic carbocycles. The van der Waals surface area contributed by atoms with Gasteiger partial charge in [-0.2, -0.15) is 0 Å². The van der Waals surface area contributed by atoms with Crippen molar-refractivity contribution < 1.29 is 13.2 Å². The summed E-state index contributed by atoms with van der Waals surface area (Å²) in [6.07, 6.45) is -1.42. The van der Waals surface area contributed by atoms with Crippen molar-refractivity contribution in [2.24, 2.45) is 0 Å². The second-order valence-corrected chi connectivity index (χ2v) is 3.65. The van der Waals surface area contributed by atoms with E-state index in [0.29, 0.717) is 17.7 Å². The highest BCUT2D eigenvalue weighted by atomic mass is 79.9. The molecule has 0 amide bonds. The van der Waals surface area contributed by atoms with Gasteiger partial charge in [0.2, 0.25) is 0 Å². The number of alkyl halides is 3. The Morgan fingerprint density at radius 1 is 1.40 bits per heavy atom. The van der Waals surface area contributed by atoms with Crippen molar-refractivity contribution in [1.29, 1.82) is 0 Å². The van der Waals surface area contributed by atoms with Crippen LogP contribution in [0.2, 0.25) is 0 Å². The first kappa shape index (κ1) is 12.3. The summed E-state index contributed by atoms with van der Waals surface area (Å²) in [6.45, 7) is 0.00715. The predicted octanol–water partition coefficient (Wildman–Crippen LogP) is 2.69. The quantitative estimate of drug-likeness (QED) is 0.772. The number of hydrogen-bond acceptors (Lipinski definition) is 2.